The van der Waals surface area contributed by atoms with Crippen LogP contribution in [0.1, 0.15) is 29.8 Å². The van der Waals surface area contributed by atoms with Gasteiger partial charge in [-0.3, -0.25) is 4.79 Å². The summed E-state index contributed by atoms with van der Waals surface area (Å²) in [4.78, 5) is 22.1. The van der Waals surface area contributed by atoms with Crippen molar-refractivity contribution >= 4 is 11.6 Å². The Labute approximate surface area is 150 Å². The van der Waals surface area contributed by atoms with Crippen LogP contribution in [-0.2, 0) is 11.2 Å². The first-order valence-corrected chi connectivity index (χ1v) is 8.24. The Morgan fingerprint density at radius 3 is 2.50 bits per heavy atom. The molecular formula is C18H19FN6O. The van der Waals surface area contributed by atoms with Crippen molar-refractivity contribution in [1.82, 2.24) is 14.9 Å². The molecule has 0 bridgehead atoms. The summed E-state index contributed by atoms with van der Waals surface area (Å²) in [6, 6.07) is 6.31. The van der Waals surface area contributed by atoms with E-state index in [1.165, 1.54) is 19.1 Å². The highest BCUT2D eigenvalue weighted by atomic mass is 19.1. The predicted octanol–water partition coefficient (Wildman–Crippen LogP) is 2.59. The highest BCUT2D eigenvalue weighted by Crippen LogP contribution is 2.21. The molecule has 1 amide bonds. The highest BCUT2D eigenvalue weighted by molar-refractivity contribution is 6.02. The number of benzene rings is 1. The lowest BCUT2D eigenvalue weighted by Gasteiger charge is -2.23. The lowest BCUT2D eigenvalue weighted by Crippen LogP contribution is -2.30. The number of carbonyl (C=O) groups is 1. The average Bonchev–Trinajstić information content (AvgIpc) is 3.17. The number of halogens is 1. The second kappa shape index (κ2) is 7.90. The van der Waals surface area contributed by atoms with E-state index in [-0.39, 0.29) is 17.6 Å². The van der Waals surface area contributed by atoms with Gasteiger partial charge in [-0.15, -0.1) is 5.10 Å². The Morgan fingerprint density at radius 2 is 1.92 bits per heavy atom. The molecule has 1 aliphatic rings. The van der Waals surface area contributed by atoms with Crippen LogP contribution in [0.4, 0.5) is 4.39 Å². The van der Waals surface area contributed by atoms with E-state index in [9.17, 15) is 9.18 Å². The molecule has 8 heteroatoms. The smallest absolute Gasteiger partial charge is 0.219 e. The summed E-state index contributed by atoms with van der Waals surface area (Å²) in [5.74, 6) is 0.290. The molecule has 0 fully saturated rings. The van der Waals surface area contributed by atoms with Crippen molar-refractivity contribution in [3.05, 3.63) is 59.4 Å². The summed E-state index contributed by atoms with van der Waals surface area (Å²) in [6.45, 7) is 2.45. The molecule has 2 heterocycles. The van der Waals surface area contributed by atoms with Crippen LogP contribution in [0.3, 0.4) is 0 Å². The zero-order chi connectivity index (χ0) is 18.5. The molecule has 0 spiro atoms. The molecule has 0 aliphatic carbocycles. The van der Waals surface area contributed by atoms with Crippen LogP contribution >= 0.6 is 0 Å². The molecule has 0 radical (unpaired) electrons. The summed E-state index contributed by atoms with van der Waals surface area (Å²) >= 11 is 0. The minimum absolute atomic E-state index is 0.0277. The van der Waals surface area contributed by atoms with Gasteiger partial charge in [0.25, 0.3) is 0 Å². The number of aromatic nitrogens is 2. The first-order chi connectivity index (χ1) is 12.5. The van der Waals surface area contributed by atoms with Gasteiger partial charge in [-0.2, -0.15) is 5.11 Å². The first kappa shape index (κ1) is 17.8. The molecule has 3 rings (SSSR count). The fraction of sp³-hybridized carbons (Fsp3) is 0.333. The largest absolute Gasteiger partial charge is 0.345 e. The maximum absolute atomic E-state index is 13.2. The van der Waals surface area contributed by atoms with E-state index in [0.717, 1.165) is 16.8 Å². The van der Waals surface area contributed by atoms with Gasteiger partial charge in [-0.1, -0.05) is 12.1 Å². The van der Waals surface area contributed by atoms with Crippen molar-refractivity contribution in [3.63, 3.8) is 0 Å². The number of carbonyl (C=O) groups excluding carboxylic acids is 1. The van der Waals surface area contributed by atoms with Gasteiger partial charge in [-0.05, 0) is 22.9 Å². The molecule has 2 aromatic rings. The van der Waals surface area contributed by atoms with E-state index in [4.69, 9.17) is 0 Å². The third-order valence-electron chi connectivity index (χ3n) is 4.29. The molecule has 134 valence electrons. The van der Waals surface area contributed by atoms with E-state index >= 15 is 0 Å². The zero-order valence-corrected chi connectivity index (χ0v) is 14.6. The summed E-state index contributed by atoms with van der Waals surface area (Å²) in [7, 11) is 1.74. The molecule has 1 aromatic heterocycles. The lowest BCUT2D eigenvalue weighted by atomic mass is 9.94. The fourth-order valence-corrected chi connectivity index (χ4v) is 2.68. The number of nitrogens with zero attached hydrogens (tertiary/aromatic N) is 6. The number of hydrogen-bond acceptors (Lipinski definition) is 6. The Balaban J connectivity index is 1.78. The zero-order valence-electron chi connectivity index (χ0n) is 14.6. The van der Waals surface area contributed by atoms with Crippen molar-refractivity contribution in [2.24, 2.45) is 15.4 Å². The summed E-state index contributed by atoms with van der Waals surface area (Å²) < 4.78 is 13.2. The quantitative estimate of drug-likeness (QED) is 0.799. The molecule has 0 saturated heterocycles. The van der Waals surface area contributed by atoms with E-state index < -0.39 is 0 Å². The van der Waals surface area contributed by atoms with Crippen molar-refractivity contribution in [2.45, 2.75) is 19.3 Å². The first-order valence-electron chi connectivity index (χ1n) is 8.24. The van der Waals surface area contributed by atoms with Gasteiger partial charge in [0.2, 0.25) is 5.91 Å². The van der Waals surface area contributed by atoms with E-state index in [0.29, 0.717) is 25.3 Å². The van der Waals surface area contributed by atoms with Crippen molar-refractivity contribution < 1.29 is 9.18 Å². The molecule has 1 aromatic carbocycles. The molecule has 1 unspecified atom stereocenters. The Morgan fingerprint density at radius 1 is 1.23 bits per heavy atom. The van der Waals surface area contributed by atoms with Crippen molar-refractivity contribution in [3.8, 4) is 0 Å². The number of hydrogen-bond donors (Lipinski definition) is 0. The van der Waals surface area contributed by atoms with Crippen LogP contribution in [0, 0.1) is 5.82 Å². The monoisotopic (exact) mass is 354 g/mol. The second-order valence-electron chi connectivity index (χ2n) is 6.18. The highest BCUT2D eigenvalue weighted by Gasteiger charge is 2.18. The summed E-state index contributed by atoms with van der Waals surface area (Å²) in [6.07, 6.45) is 3.94. The topological polar surface area (TPSA) is 83.2 Å². The molecule has 7 nitrogen and oxygen atoms in total. The van der Waals surface area contributed by atoms with Gasteiger partial charge in [-0.25, -0.2) is 14.4 Å². The van der Waals surface area contributed by atoms with Crippen LogP contribution in [0.5, 0.6) is 0 Å². The molecule has 0 saturated carbocycles. The summed E-state index contributed by atoms with van der Waals surface area (Å²) in [5, 5.41) is 11.3. The van der Waals surface area contributed by atoms with Gasteiger partial charge in [0, 0.05) is 50.8 Å². The van der Waals surface area contributed by atoms with Crippen molar-refractivity contribution in [1.29, 1.82) is 0 Å². The third-order valence-corrected chi connectivity index (χ3v) is 4.29. The van der Waals surface area contributed by atoms with Gasteiger partial charge < -0.3 is 4.90 Å². The van der Waals surface area contributed by atoms with Crippen LogP contribution < -0.4 is 0 Å². The standard InChI is InChI=1S/C18H19FN6O/c1-12(26)25(2)11-14(13-3-5-16(19)6-4-13)7-18-20-8-15(9-21-18)17-10-22-24-23-17/h3-6,8-9,14H,7,10-11H2,1-2H3. The van der Waals surface area contributed by atoms with E-state index in [2.05, 4.69) is 25.4 Å². The Hall–Kier alpha value is -3.03. The van der Waals surface area contributed by atoms with Gasteiger partial charge in [0.05, 0.1) is 5.71 Å². The van der Waals surface area contributed by atoms with Crippen LogP contribution in [0.2, 0.25) is 0 Å². The third kappa shape index (κ3) is 4.33. The lowest BCUT2D eigenvalue weighted by molar-refractivity contribution is -0.127. The molecular weight excluding hydrogens is 335 g/mol. The maximum atomic E-state index is 13.2. The van der Waals surface area contributed by atoms with E-state index in [1.807, 2.05) is 0 Å². The molecule has 26 heavy (non-hydrogen) atoms. The molecule has 1 aliphatic heterocycles. The second-order valence-corrected chi connectivity index (χ2v) is 6.18. The average molecular weight is 354 g/mol. The minimum Gasteiger partial charge on any atom is -0.345 e. The molecule has 0 N–H and O–H groups in total. The van der Waals surface area contributed by atoms with Crippen LogP contribution in [-0.4, -0.2) is 46.6 Å². The number of amides is 1. The van der Waals surface area contributed by atoms with Crippen LogP contribution in [0.25, 0.3) is 0 Å². The molecule has 1 atom stereocenters. The minimum atomic E-state index is -0.291. The number of rotatable bonds is 6. The van der Waals surface area contributed by atoms with Gasteiger partial charge in [0.15, 0.2) is 0 Å². The van der Waals surface area contributed by atoms with Crippen LogP contribution in [0.15, 0.2) is 52.1 Å². The van der Waals surface area contributed by atoms with Gasteiger partial charge >= 0.3 is 0 Å². The SMILES string of the molecule is CC(=O)N(C)CC(Cc1ncc(C2=NN=NC2)cn1)c1ccc(F)cc1. The Kier molecular flexibility index (Phi) is 5.40. The Bertz CT molecular complexity index is 832. The predicted molar refractivity (Wildman–Crippen MR) is 94.4 cm³/mol. The van der Waals surface area contributed by atoms with Gasteiger partial charge in [0.1, 0.15) is 18.2 Å². The summed E-state index contributed by atoms with van der Waals surface area (Å²) in [5.41, 5.74) is 2.46. The normalized spacial score (nSPS) is 14.2. The number of likely N-dealkylation sites (N-methyl/N-ethyl adjacent to an activating group) is 1. The fourth-order valence-electron chi connectivity index (χ4n) is 2.68. The van der Waals surface area contributed by atoms with E-state index in [1.54, 1.807) is 36.5 Å². The van der Waals surface area contributed by atoms with Crippen molar-refractivity contribution in [2.75, 3.05) is 20.1 Å². The maximum Gasteiger partial charge on any atom is 0.219 e.